The predicted molar refractivity (Wildman–Crippen MR) is 71.6 cm³/mol. The lowest BCUT2D eigenvalue weighted by Crippen LogP contribution is -2.47. The molecule has 1 aliphatic heterocycles. The standard InChI is InChI=1S/C13H19N5/c1-2-10-9-17(7-4-11(10)14)12-5-8-18-13(16-12)3-6-15-18/h3,5-6,8,10-11H,2,4,7,9,14H2,1H3. The molecule has 1 saturated heterocycles. The third kappa shape index (κ3) is 1.95. The Hall–Kier alpha value is -1.62. The van der Waals surface area contributed by atoms with Crippen LogP contribution in [0.15, 0.2) is 24.5 Å². The maximum absolute atomic E-state index is 6.14. The molecule has 2 unspecified atom stereocenters. The minimum Gasteiger partial charge on any atom is -0.356 e. The van der Waals surface area contributed by atoms with Crippen LogP contribution in [0.2, 0.25) is 0 Å². The third-order valence-corrected chi connectivity index (χ3v) is 3.88. The van der Waals surface area contributed by atoms with Gasteiger partial charge in [0.05, 0.1) is 6.20 Å². The number of hydrogen-bond donors (Lipinski definition) is 1. The second-order valence-electron chi connectivity index (χ2n) is 4.99. The monoisotopic (exact) mass is 245 g/mol. The van der Waals surface area contributed by atoms with Gasteiger partial charge < -0.3 is 10.6 Å². The minimum absolute atomic E-state index is 0.338. The molecule has 2 atom stereocenters. The van der Waals surface area contributed by atoms with Crippen molar-refractivity contribution in [1.29, 1.82) is 0 Å². The largest absolute Gasteiger partial charge is 0.356 e. The number of hydrogen-bond acceptors (Lipinski definition) is 4. The molecule has 5 nitrogen and oxygen atoms in total. The molecule has 0 aromatic carbocycles. The van der Waals surface area contributed by atoms with E-state index < -0.39 is 0 Å². The molecule has 0 radical (unpaired) electrons. The summed E-state index contributed by atoms with van der Waals surface area (Å²) in [5, 5.41) is 4.16. The molecule has 96 valence electrons. The van der Waals surface area contributed by atoms with Gasteiger partial charge in [0.25, 0.3) is 0 Å². The number of piperidine rings is 1. The Bertz CT molecular complexity index is 535. The van der Waals surface area contributed by atoms with Gasteiger partial charge in [0.15, 0.2) is 5.65 Å². The van der Waals surface area contributed by atoms with Crippen LogP contribution in [0, 0.1) is 5.92 Å². The zero-order valence-electron chi connectivity index (χ0n) is 10.7. The zero-order valence-corrected chi connectivity index (χ0v) is 10.7. The van der Waals surface area contributed by atoms with Crippen LogP contribution in [-0.2, 0) is 0 Å². The first-order chi connectivity index (χ1) is 8.78. The highest BCUT2D eigenvalue weighted by atomic mass is 15.3. The highest BCUT2D eigenvalue weighted by Crippen LogP contribution is 2.23. The Morgan fingerprint density at radius 2 is 2.33 bits per heavy atom. The van der Waals surface area contributed by atoms with E-state index >= 15 is 0 Å². The van der Waals surface area contributed by atoms with Gasteiger partial charge in [0, 0.05) is 31.4 Å². The molecule has 0 spiro atoms. The molecule has 1 fully saturated rings. The summed E-state index contributed by atoms with van der Waals surface area (Å²) < 4.78 is 1.79. The number of anilines is 1. The van der Waals surface area contributed by atoms with Crippen molar-refractivity contribution in [3.05, 3.63) is 24.5 Å². The molecule has 0 saturated carbocycles. The van der Waals surface area contributed by atoms with Crippen molar-refractivity contribution in [3.8, 4) is 0 Å². The van der Waals surface area contributed by atoms with Gasteiger partial charge in [-0.2, -0.15) is 5.10 Å². The summed E-state index contributed by atoms with van der Waals surface area (Å²) in [5.74, 6) is 1.61. The average Bonchev–Trinajstić information content (AvgIpc) is 2.86. The van der Waals surface area contributed by atoms with Crippen LogP contribution in [0.1, 0.15) is 19.8 Å². The van der Waals surface area contributed by atoms with Gasteiger partial charge in [-0.3, -0.25) is 0 Å². The van der Waals surface area contributed by atoms with Gasteiger partial charge in [-0.05, 0) is 18.4 Å². The first kappa shape index (κ1) is 11.5. The first-order valence-electron chi connectivity index (χ1n) is 6.59. The first-order valence-corrected chi connectivity index (χ1v) is 6.59. The molecule has 0 amide bonds. The van der Waals surface area contributed by atoms with Crippen LogP contribution in [0.5, 0.6) is 0 Å². The van der Waals surface area contributed by atoms with Gasteiger partial charge in [0.2, 0.25) is 0 Å². The molecular weight excluding hydrogens is 226 g/mol. The number of aromatic nitrogens is 3. The summed E-state index contributed by atoms with van der Waals surface area (Å²) in [6.45, 7) is 4.21. The number of nitrogens with two attached hydrogens (primary N) is 1. The van der Waals surface area contributed by atoms with Crippen LogP contribution in [-0.4, -0.2) is 33.7 Å². The van der Waals surface area contributed by atoms with Crippen LogP contribution >= 0.6 is 0 Å². The molecule has 1 aliphatic rings. The fourth-order valence-electron chi connectivity index (χ4n) is 2.67. The zero-order chi connectivity index (χ0) is 12.5. The van der Waals surface area contributed by atoms with E-state index in [1.807, 2.05) is 18.3 Å². The van der Waals surface area contributed by atoms with Crippen molar-refractivity contribution in [3.63, 3.8) is 0 Å². The Balaban J connectivity index is 1.85. The highest BCUT2D eigenvalue weighted by molar-refractivity contribution is 5.47. The highest BCUT2D eigenvalue weighted by Gasteiger charge is 2.26. The van der Waals surface area contributed by atoms with Crippen molar-refractivity contribution in [2.45, 2.75) is 25.8 Å². The molecule has 0 aliphatic carbocycles. The summed E-state index contributed by atoms with van der Waals surface area (Å²) >= 11 is 0. The van der Waals surface area contributed by atoms with Crippen LogP contribution < -0.4 is 10.6 Å². The normalized spacial score (nSPS) is 24.7. The Kier molecular flexibility index (Phi) is 2.91. The van der Waals surface area contributed by atoms with Crippen LogP contribution in [0.4, 0.5) is 5.82 Å². The summed E-state index contributed by atoms with van der Waals surface area (Å²) in [6, 6.07) is 4.30. The number of nitrogens with zero attached hydrogens (tertiary/aromatic N) is 4. The van der Waals surface area contributed by atoms with Crippen LogP contribution in [0.3, 0.4) is 0 Å². The lowest BCUT2D eigenvalue weighted by Gasteiger charge is -2.37. The Morgan fingerprint density at radius 3 is 3.17 bits per heavy atom. The van der Waals surface area contributed by atoms with E-state index in [0.717, 1.165) is 37.4 Å². The van der Waals surface area contributed by atoms with Crippen molar-refractivity contribution >= 4 is 11.5 Å². The molecule has 2 aromatic rings. The van der Waals surface area contributed by atoms with E-state index in [-0.39, 0.29) is 0 Å². The summed E-state index contributed by atoms with van der Waals surface area (Å²) in [4.78, 5) is 6.98. The second kappa shape index (κ2) is 4.57. The topological polar surface area (TPSA) is 59.5 Å². The van der Waals surface area contributed by atoms with Gasteiger partial charge in [-0.25, -0.2) is 9.50 Å². The lowest BCUT2D eigenvalue weighted by atomic mass is 9.91. The summed E-state index contributed by atoms with van der Waals surface area (Å²) in [6.07, 6.45) is 5.91. The molecule has 3 heterocycles. The molecule has 0 bridgehead atoms. The Morgan fingerprint density at radius 1 is 1.44 bits per heavy atom. The molecule has 2 N–H and O–H groups in total. The molecular formula is C13H19N5. The number of fused-ring (bicyclic) bond motifs is 1. The van der Waals surface area contributed by atoms with Gasteiger partial charge >= 0.3 is 0 Å². The van der Waals surface area contributed by atoms with Crippen molar-refractivity contribution in [1.82, 2.24) is 14.6 Å². The fourth-order valence-corrected chi connectivity index (χ4v) is 2.67. The SMILES string of the molecule is CCC1CN(c2ccn3nccc3n2)CCC1N. The molecule has 5 heteroatoms. The quantitative estimate of drug-likeness (QED) is 0.866. The van der Waals surface area contributed by atoms with E-state index in [1.165, 1.54) is 0 Å². The van der Waals surface area contributed by atoms with Gasteiger partial charge in [-0.15, -0.1) is 0 Å². The summed E-state index contributed by atoms with van der Waals surface area (Å²) in [5.41, 5.74) is 7.04. The molecule has 3 rings (SSSR count). The van der Waals surface area contributed by atoms with E-state index in [1.54, 1.807) is 10.7 Å². The number of rotatable bonds is 2. The van der Waals surface area contributed by atoms with Gasteiger partial charge in [-0.1, -0.05) is 13.3 Å². The molecule has 18 heavy (non-hydrogen) atoms. The van der Waals surface area contributed by atoms with E-state index in [0.29, 0.717) is 12.0 Å². The Labute approximate surface area is 107 Å². The van der Waals surface area contributed by atoms with Crippen LogP contribution in [0.25, 0.3) is 5.65 Å². The van der Waals surface area contributed by atoms with E-state index in [2.05, 4.69) is 21.9 Å². The average molecular weight is 245 g/mol. The van der Waals surface area contributed by atoms with Crippen molar-refractivity contribution < 1.29 is 0 Å². The summed E-state index contributed by atoms with van der Waals surface area (Å²) in [7, 11) is 0. The van der Waals surface area contributed by atoms with E-state index in [4.69, 9.17) is 5.73 Å². The minimum atomic E-state index is 0.338. The maximum atomic E-state index is 6.14. The predicted octanol–water partition coefficient (Wildman–Crippen LogP) is 1.29. The smallest absolute Gasteiger partial charge is 0.157 e. The van der Waals surface area contributed by atoms with Crippen molar-refractivity contribution in [2.75, 3.05) is 18.0 Å². The van der Waals surface area contributed by atoms with Gasteiger partial charge in [0.1, 0.15) is 5.82 Å². The lowest BCUT2D eigenvalue weighted by molar-refractivity contribution is 0.347. The van der Waals surface area contributed by atoms with E-state index in [9.17, 15) is 0 Å². The molecule has 2 aromatic heterocycles. The van der Waals surface area contributed by atoms with Crippen molar-refractivity contribution in [2.24, 2.45) is 11.7 Å². The second-order valence-corrected chi connectivity index (χ2v) is 4.99. The fraction of sp³-hybridized carbons (Fsp3) is 0.538. The maximum Gasteiger partial charge on any atom is 0.157 e. The third-order valence-electron chi connectivity index (χ3n) is 3.88.